The van der Waals surface area contributed by atoms with Crippen molar-refractivity contribution >= 4 is 0 Å². The summed E-state index contributed by atoms with van der Waals surface area (Å²) in [5.41, 5.74) is 7.76. The average Bonchev–Trinajstić information content (AvgIpc) is 2.47. The molecule has 13 heavy (non-hydrogen) atoms. The van der Waals surface area contributed by atoms with Gasteiger partial charge in [0.05, 0.1) is 6.04 Å². The van der Waals surface area contributed by atoms with Crippen LogP contribution in [0.2, 0.25) is 0 Å². The Hall–Kier alpha value is -1.22. The number of aryl methyl sites for hydroxylation is 1. The van der Waals surface area contributed by atoms with Crippen LogP contribution in [0.3, 0.4) is 0 Å². The van der Waals surface area contributed by atoms with Crippen molar-refractivity contribution in [2.75, 3.05) is 6.61 Å². The fraction of sp³-hybridized carbons (Fsp3) is 0.400. The fourth-order valence-corrected chi connectivity index (χ4v) is 1.67. The largest absolute Gasteiger partial charge is 0.508 e. The highest BCUT2D eigenvalue weighted by Gasteiger charge is 2.23. The van der Waals surface area contributed by atoms with Gasteiger partial charge in [-0.05, 0) is 24.1 Å². The molecule has 70 valence electrons. The molecule has 2 rings (SSSR count). The fourth-order valence-electron chi connectivity index (χ4n) is 1.67. The molecule has 0 amide bonds. The van der Waals surface area contributed by atoms with Gasteiger partial charge in [-0.25, -0.2) is 0 Å². The first kappa shape index (κ1) is 8.38. The van der Waals surface area contributed by atoms with Crippen molar-refractivity contribution in [1.29, 1.82) is 0 Å². The number of benzene rings is 1. The summed E-state index contributed by atoms with van der Waals surface area (Å²) in [6, 6.07) is 3.33. The van der Waals surface area contributed by atoms with Crippen LogP contribution in [0.4, 0.5) is 0 Å². The maximum absolute atomic E-state index is 9.41. The number of rotatable bonds is 1. The lowest BCUT2D eigenvalue weighted by Crippen LogP contribution is -2.10. The van der Waals surface area contributed by atoms with Crippen molar-refractivity contribution in [3.8, 4) is 11.5 Å². The Morgan fingerprint density at radius 3 is 3.08 bits per heavy atom. The van der Waals surface area contributed by atoms with E-state index < -0.39 is 0 Å². The second kappa shape index (κ2) is 2.92. The molecule has 0 saturated carbocycles. The predicted octanol–water partition coefficient (Wildman–Crippen LogP) is 1.35. The van der Waals surface area contributed by atoms with Gasteiger partial charge in [0.2, 0.25) is 0 Å². The summed E-state index contributed by atoms with van der Waals surface area (Å²) in [7, 11) is 0. The molecule has 0 spiro atoms. The first-order valence-electron chi connectivity index (χ1n) is 4.46. The molecular weight excluding hydrogens is 166 g/mol. The normalized spacial score (nSPS) is 19.7. The third kappa shape index (κ3) is 1.25. The van der Waals surface area contributed by atoms with Crippen LogP contribution in [-0.2, 0) is 6.42 Å². The lowest BCUT2D eigenvalue weighted by Gasteiger charge is -2.06. The number of hydrogen-bond donors (Lipinski definition) is 2. The van der Waals surface area contributed by atoms with Crippen molar-refractivity contribution in [2.24, 2.45) is 5.73 Å². The van der Waals surface area contributed by atoms with E-state index in [-0.39, 0.29) is 11.8 Å². The van der Waals surface area contributed by atoms with Gasteiger partial charge >= 0.3 is 0 Å². The molecule has 1 unspecified atom stereocenters. The second-order valence-corrected chi connectivity index (χ2v) is 3.29. The van der Waals surface area contributed by atoms with Gasteiger partial charge in [-0.3, -0.25) is 0 Å². The van der Waals surface area contributed by atoms with Gasteiger partial charge in [-0.2, -0.15) is 0 Å². The van der Waals surface area contributed by atoms with Crippen LogP contribution in [0.1, 0.15) is 24.1 Å². The summed E-state index contributed by atoms with van der Waals surface area (Å²) in [6.07, 6.45) is 0.851. The second-order valence-electron chi connectivity index (χ2n) is 3.29. The number of hydrogen-bond acceptors (Lipinski definition) is 3. The van der Waals surface area contributed by atoms with Crippen molar-refractivity contribution in [2.45, 2.75) is 19.4 Å². The molecule has 1 atom stereocenters. The van der Waals surface area contributed by atoms with E-state index in [9.17, 15) is 5.11 Å². The molecule has 0 aromatic heterocycles. The highest BCUT2D eigenvalue weighted by molar-refractivity contribution is 5.50. The third-order valence-corrected chi connectivity index (χ3v) is 2.37. The monoisotopic (exact) mass is 179 g/mol. The van der Waals surface area contributed by atoms with Gasteiger partial charge < -0.3 is 15.6 Å². The van der Waals surface area contributed by atoms with E-state index in [1.165, 1.54) is 0 Å². The topological polar surface area (TPSA) is 55.5 Å². The van der Waals surface area contributed by atoms with Crippen LogP contribution in [0.25, 0.3) is 0 Å². The zero-order valence-corrected chi connectivity index (χ0v) is 7.58. The van der Waals surface area contributed by atoms with E-state index in [1.54, 1.807) is 12.1 Å². The van der Waals surface area contributed by atoms with Gasteiger partial charge in [-0.15, -0.1) is 0 Å². The molecule has 0 fully saturated rings. The SMILES string of the molecule is CCc1cc(O)cc2c1OCC2N. The first-order valence-corrected chi connectivity index (χ1v) is 4.46. The van der Waals surface area contributed by atoms with Gasteiger partial charge in [0.15, 0.2) is 0 Å². The molecule has 3 N–H and O–H groups in total. The maximum atomic E-state index is 9.41. The Balaban J connectivity index is 2.56. The van der Waals surface area contributed by atoms with Crippen molar-refractivity contribution in [1.82, 2.24) is 0 Å². The quantitative estimate of drug-likeness (QED) is 0.684. The number of aromatic hydroxyl groups is 1. The molecule has 3 heteroatoms. The minimum Gasteiger partial charge on any atom is -0.508 e. The van der Waals surface area contributed by atoms with Gasteiger partial charge in [0, 0.05) is 5.56 Å². The summed E-state index contributed by atoms with van der Waals surface area (Å²) < 4.78 is 5.45. The Bertz CT molecular complexity index is 336. The van der Waals surface area contributed by atoms with E-state index in [1.807, 2.05) is 6.92 Å². The van der Waals surface area contributed by atoms with Crippen molar-refractivity contribution in [3.05, 3.63) is 23.3 Å². The van der Waals surface area contributed by atoms with Crippen LogP contribution in [0, 0.1) is 0 Å². The third-order valence-electron chi connectivity index (χ3n) is 2.37. The molecule has 3 nitrogen and oxygen atoms in total. The molecular formula is C10H13NO2. The van der Waals surface area contributed by atoms with Crippen LogP contribution in [0.5, 0.6) is 11.5 Å². The summed E-state index contributed by atoms with van der Waals surface area (Å²) >= 11 is 0. The highest BCUT2D eigenvalue weighted by Crippen LogP contribution is 2.37. The zero-order valence-electron chi connectivity index (χ0n) is 7.58. The maximum Gasteiger partial charge on any atom is 0.127 e. The van der Waals surface area contributed by atoms with E-state index >= 15 is 0 Å². The van der Waals surface area contributed by atoms with Crippen molar-refractivity contribution in [3.63, 3.8) is 0 Å². The molecule has 0 radical (unpaired) electrons. The lowest BCUT2D eigenvalue weighted by atomic mass is 10.0. The number of ether oxygens (including phenoxy) is 1. The lowest BCUT2D eigenvalue weighted by molar-refractivity contribution is 0.330. The van der Waals surface area contributed by atoms with E-state index in [4.69, 9.17) is 10.5 Å². The van der Waals surface area contributed by atoms with Crippen LogP contribution < -0.4 is 10.5 Å². The standard InChI is InChI=1S/C10H13NO2/c1-2-6-3-7(12)4-8-9(11)5-13-10(6)8/h3-4,9,12H,2,5,11H2,1H3. The molecule has 1 aromatic carbocycles. The van der Waals surface area contributed by atoms with Crippen LogP contribution >= 0.6 is 0 Å². The summed E-state index contributed by atoms with van der Waals surface area (Å²) in [5, 5.41) is 9.41. The zero-order chi connectivity index (χ0) is 9.42. The Labute approximate surface area is 77.1 Å². The first-order chi connectivity index (χ1) is 6.22. The smallest absolute Gasteiger partial charge is 0.127 e. The molecule has 1 aromatic rings. The van der Waals surface area contributed by atoms with Crippen molar-refractivity contribution < 1.29 is 9.84 Å². The van der Waals surface area contributed by atoms with E-state index in [0.29, 0.717) is 6.61 Å². The minimum atomic E-state index is -0.0904. The predicted molar refractivity (Wildman–Crippen MR) is 49.9 cm³/mol. The molecule has 0 bridgehead atoms. The van der Waals surface area contributed by atoms with E-state index in [2.05, 4.69) is 0 Å². The minimum absolute atomic E-state index is 0.0904. The highest BCUT2D eigenvalue weighted by atomic mass is 16.5. The number of phenols is 1. The van der Waals surface area contributed by atoms with Gasteiger partial charge in [-0.1, -0.05) is 6.92 Å². The van der Waals surface area contributed by atoms with Crippen LogP contribution in [-0.4, -0.2) is 11.7 Å². The summed E-state index contributed by atoms with van der Waals surface area (Å²) in [4.78, 5) is 0. The summed E-state index contributed by atoms with van der Waals surface area (Å²) in [5.74, 6) is 1.14. The van der Waals surface area contributed by atoms with Gasteiger partial charge in [0.1, 0.15) is 18.1 Å². The Kier molecular flexibility index (Phi) is 1.88. The Morgan fingerprint density at radius 2 is 2.38 bits per heavy atom. The number of fused-ring (bicyclic) bond motifs is 1. The Morgan fingerprint density at radius 1 is 1.62 bits per heavy atom. The van der Waals surface area contributed by atoms with Gasteiger partial charge in [0.25, 0.3) is 0 Å². The molecule has 1 aliphatic heterocycles. The number of nitrogens with two attached hydrogens (primary N) is 1. The molecule has 1 heterocycles. The molecule has 0 aliphatic carbocycles. The van der Waals surface area contributed by atoms with E-state index in [0.717, 1.165) is 23.3 Å². The summed E-state index contributed by atoms with van der Waals surface area (Å²) in [6.45, 7) is 2.55. The molecule has 1 aliphatic rings. The number of phenolic OH excluding ortho intramolecular Hbond substituents is 1. The average molecular weight is 179 g/mol. The van der Waals surface area contributed by atoms with Crippen LogP contribution in [0.15, 0.2) is 12.1 Å². The molecule has 0 saturated heterocycles.